The molecule has 0 aliphatic carbocycles. The molecule has 1 atom stereocenters. The summed E-state index contributed by atoms with van der Waals surface area (Å²) in [5.74, 6) is -0.410. The van der Waals surface area contributed by atoms with Crippen LogP contribution < -0.4 is 0 Å². The Bertz CT molecular complexity index is 273. The number of rotatable bonds is 2. The van der Waals surface area contributed by atoms with Crippen LogP contribution in [0.3, 0.4) is 0 Å². The standard InChI is InChI=1S/C5H8ClNO3S/c1-2-4-3-5(8)7(4)11(6,9)10/h4H,2-3H2,1H3. The van der Waals surface area contributed by atoms with Gasteiger partial charge in [-0.25, -0.2) is 4.31 Å². The monoisotopic (exact) mass is 197 g/mol. The average molecular weight is 198 g/mol. The summed E-state index contributed by atoms with van der Waals surface area (Å²) in [5.41, 5.74) is 0. The molecule has 1 saturated heterocycles. The second-order valence-electron chi connectivity index (χ2n) is 2.40. The molecule has 0 N–H and O–H groups in total. The normalized spacial score (nSPS) is 25.1. The quantitative estimate of drug-likeness (QED) is 0.478. The Kier molecular flexibility index (Phi) is 2.11. The van der Waals surface area contributed by atoms with Crippen molar-refractivity contribution in [3.63, 3.8) is 0 Å². The van der Waals surface area contributed by atoms with Crippen molar-refractivity contribution >= 4 is 25.8 Å². The first-order valence-electron chi connectivity index (χ1n) is 3.23. The summed E-state index contributed by atoms with van der Waals surface area (Å²) in [6.45, 7) is 1.81. The van der Waals surface area contributed by atoms with Crippen LogP contribution in [0.1, 0.15) is 19.8 Å². The minimum absolute atomic E-state index is 0.218. The molecule has 4 nitrogen and oxygen atoms in total. The zero-order valence-electron chi connectivity index (χ0n) is 5.95. The van der Waals surface area contributed by atoms with E-state index in [2.05, 4.69) is 0 Å². The molecule has 64 valence electrons. The lowest BCUT2D eigenvalue weighted by atomic mass is 10.0. The number of carbonyl (C=O) groups is 1. The zero-order chi connectivity index (χ0) is 8.65. The van der Waals surface area contributed by atoms with Crippen LogP contribution in [0.4, 0.5) is 0 Å². The van der Waals surface area contributed by atoms with E-state index in [0.29, 0.717) is 12.8 Å². The van der Waals surface area contributed by atoms with Gasteiger partial charge >= 0.3 is 9.24 Å². The summed E-state index contributed by atoms with van der Waals surface area (Å²) in [6.07, 6.45) is 0.917. The molecule has 1 amide bonds. The van der Waals surface area contributed by atoms with E-state index in [1.165, 1.54) is 0 Å². The van der Waals surface area contributed by atoms with Gasteiger partial charge in [0.2, 0.25) is 5.91 Å². The number of hydrogen-bond donors (Lipinski definition) is 0. The maximum atomic E-state index is 10.7. The lowest BCUT2D eigenvalue weighted by molar-refractivity contribution is -0.137. The zero-order valence-corrected chi connectivity index (χ0v) is 7.52. The topological polar surface area (TPSA) is 54.5 Å². The van der Waals surface area contributed by atoms with E-state index in [0.717, 1.165) is 4.31 Å². The fourth-order valence-corrected chi connectivity index (χ4v) is 2.54. The van der Waals surface area contributed by atoms with Crippen LogP contribution in [-0.4, -0.2) is 24.7 Å². The molecule has 0 aromatic carbocycles. The number of β-lactam (4-membered cyclic amide) rings is 1. The molecule has 6 heteroatoms. The van der Waals surface area contributed by atoms with Crippen molar-refractivity contribution in [2.24, 2.45) is 0 Å². The Balaban J connectivity index is 2.79. The van der Waals surface area contributed by atoms with Crippen molar-refractivity contribution in [1.29, 1.82) is 0 Å². The largest absolute Gasteiger partial charge is 0.324 e. The van der Waals surface area contributed by atoms with Crippen molar-refractivity contribution in [2.45, 2.75) is 25.8 Å². The van der Waals surface area contributed by atoms with Gasteiger partial charge in [-0.2, -0.15) is 8.42 Å². The van der Waals surface area contributed by atoms with Crippen LogP contribution in [0, 0.1) is 0 Å². The summed E-state index contributed by atoms with van der Waals surface area (Å²) in [6, 6.07) is -0.218. The molecule has 11 heavy (non-hydrogen) atoms. The summed E-state index contributed by atoms with van der Waals surface area (Å²) < 4.78 is 22.1. The van der Waals surface area contributed by atoms with Crippen LogP contribution in [0.15, 0.2) is 0 Å². The Hall–Kier alpha value is -0.290. The highest BCUT2D eigenvalue weighted by Crippen LogP contribution is 2.27. The summed E-state index contributed by atoms with van der Waals surface area (Å²) >= 11 is 0. The molecule has 0 aromatic heterocycles. The molecule has 1 rings (SSSR count). The maximum absolute atomic E-state index is 10.7. The lowest BCUT2D eigenvalue weighted by Crippen LogP contribution is -2.53. The predicted octanol–water partition coefficient (Wildman–Crippen LogP) is 0.481. The molecule has 1 heterocycles. The summed E-state index contributed by atoms with van der Waals surface area (Å²) in [5, 5.41) is 0. The van der Waals surface area contributed by atoms with Crippen molar-refractivity contribution in [3.8, 4) is 0 Å². The molecular formula is C5H8ClNO3S. The number of carbonyl (C=O) groups excluding carboxylic acids is 1. The third kappa shape index (κ3) is 1.49. The average Bonchev–Trinajstić information content (AvgIpc) is 1.77. The van der Waals surface area contributed by atoms with E-state index >= 15 is 0 Å². The SMILES string of the molecule is CCC1CC(=O)N1S(=O)(=O)Cl. The van der Waals surface area contributed by atoms with Gasteiger partial charge in [0.1, 0.15) is 0 Å². The van der Waals surface area contributed by atoms with Gasteiger partial charge in [-0.05, 0) is 6.42 Å². The maximum Gasteiger partial charge on any atom is 0.324 e. The van der Waals surface area contributed by atoms with Crippen LogP contribution >= 0.6 is 10.7 Å². The van der Waals surface area contributed by atoms with E-state index in [9.17, 15) is 13.2 Å². The van der Waals surface area contributed by atoms with Crippen LogP contribution in [0.25, 0.3) is 0 Å². The molecule has 0 aromatic rings. The van der Waals surface area contributed by atoms with Gasteiger partial charge < -0.3 is 0 Å². The Labute approximate surface area is 69.7 Å². The third-order valence-corrected chi connectivity index (χ3v) is 3.11. The van der Waals surface area contributed by atoms with Crippen LogP contribution in [-0.2, 0) is 14.0 Å². The van der Waals surface area contributed by atoms with Crippen molar-refractivity contribution in [2.75, 3.05) is 0 Å². The highest BCUT2D eigenvalue weighted by atomic mass is 35.7. The van der Waals surface area contributed by atoms with Gasteiger partial charge in [-0.1, -0.05) is 6.92 Å². The highest BCUT2D eigenvalue weighted by molar-refractivity contribution is 8.12. The minimum Gasteiger partial charge on any atom is -0.274 e. The number of amides is 1. The second kappa shape index (κ2) is 2.64. The van der Waals surface area contributed by atoms with E-state index in [-0.39, 0.29) is 6.04 Å². The molecule has 1 fully saturated rings. The fourth-order valence-electron chi connectivity index (χ4n) is 1.08. The smallest absolute Gasteiger partial charge is 0.274 e. The van der Waals surface area contributed by atoms with Crippen LogP contribution in [0.5, 0.6) is 0 Å². The van der Waals surface area contributed by atoms with Gasteiger partial charge in [-0.15, -0.1) is 0 Å². The van der Waals surface area contributed by atoms with Gasteiger partial charge in [0, 0.05) is 17.1 Å². The number of nitrogens with zero attached hydrogens (tertiary/aromatic N) is 1. The first-order chi connectivity index (χ1) is 4.96. The third-order valence-electron chi connectivity index (χ3n) is 1.69. The first-order valence-corrected chi connectivity index (χ1v) is 5.50. The number of hydrogen-bond acceptors (Lipinski definition) is 3. The molecule has 0 spiro atoms. The molecule has 0 saturated carbocycles. The Morgan fingerprint density at radius 1 is 1.73 bits per heavy atom. The van der Waals surface area contributed by atoms with E-state index in [4.69, 9.17) is 10.7 Å². The molecule has 0 radical (unpaired) electrons. The van der Waals surface area contributed by atoms with Gasteiger partial charge in [0.05, 0.1) is 6.04 Å². The minimum atomic E-state index is -3.82. The summed E-state index contributed by atoms with van der Waals surface area (Å²) in [7, 11) is 1.16. The molecule has 1 aliphatic rings. The molecule has 1 unspecified atom stereocenters. The molecular weight excluding hydrogens is 190 g/mol. The van der Waals surface area contributed by atoms with Crippen molar-refractivity contribution in [3.05, 3.63) is 0 Å². The highest BCUT2D eigenvalue weighted by Gasteiger charge is 2.42. The predicted molar refractivity (Wildman–Crippen MR) is 40.3 cm³/mol. The first kappa shape index (κ1) is 8.80. The van der Waals surface area contributed by atoms with E-state index in [1.54, 1.807) is 0 Å². The van der Waals surface area contributed by atoms with Gasteiger partial charge in [-0.3, -0.25) is 4.79 Å². The lowest BCUT2D eigenvalue weighted by Gasteiger charge is -2.36. The van der Waals surface area contributed by atoms with Gasteiger partial charge in [0.15, 0.2) is 0 Å². The van der Waals surface area contributed by atoms with Crippen molar-refractivity contribution < 1.29 is 13.2 Å². The second-order valence-corrected chi connectivity index (χ2v) is 4.79. The summed E-state index contributed by atoms with van der Waals surface area (Å²) in [4.78, 5) is 10.7. The van der Waals surface area contributed by atoms with E-state index in [1.807, 2.05) is 6.92 Å². The Morgan fingerprint density at radius 3 is 2.45 bits per heavy atom. The van der Waals surface area contributed by atoms with Crippen molar-refractivity contribution in [1.82, 2.24) is 4.31 Å². The Morgan fingerprint density at radius 2 is 2.27 bits per heavy atom. The van der Waals surface area contributed by atoms with E-state index < -0.39 is 15.1 Å². The fraction of sp³-hybridized carbons (Fsp3) is 0.800. The van der Waals surface area contributed by atoms with Gasteiger partial charge in [0.25, 0.3) is 0 Å². The molecule has 0 bridgehead atoms. The van der Waals surface area contributed by atoms with Crippen LogP contribution in [0.2, 0.25) is 0 Å². The molecule has 1 aliphatic heterocycles. The number of halogens is 1.